The minimum absolute atomic E-state index is 0.0237. The van der Waals surface area contributed by atoms with E-state index in [-0.39, 0.29) is 6.54 Å². The normalized spacial score (nSPS) is 17.8. The highest BCUT2D eigenvalue weighted by Crippen LogP contribution is 2.18. The Kier molecular flexibility index (Phi) is 3.99. The second-order valence-corrected chi connectivity index (χ2v) is 3.34. The van der Waals surface area contributed by atoms with Crippen LogP contribution in [-0.2, 0) is 0 Å². The number of halogens is 3. The molecule has 1 aliphatic carbocycles. The van der Waals surface area contributed by atoms with Crippen molar-refractivity contribution in [2.45, 2.75) is 31.5 Å². The molecule has 1 saturated carbocycles. The molecule has 2 N–H and O–H groups in total. The lowest BCUT2D eigenvalue weighted by Crippen LogP contribution is -2.30. The Morgan fingerprint density at radius 2 is 1.77 bits per heavy atom. The first-order chi connectivity index (χ1) is 6.08. The molecule has 1 aliphatic rings. The first kappa shape index (κ1) is 10.8. The van der Waals surface area contributed by atoms with E-state index in [1.165, 1.54) is 12.8 Å². The average Bonchev–Trinajstić information content (AvgIpc) is 2.77. The fourth-order valence-electron chi connectivity index (χ4n) is 1.01. The molecule has 1 rings (SSSR count). The summed E-state index contributed by atoms with van der Waals surface area (Å²) in [6.07, 6.45) is -2.35. The molecule has 13 heavy (non-hydrogen) atoms. The Hall–Kier alpha value is -0.290. The molecule has 0 aromatic heterocycles. The quantitative estimate of drug-likeness (QED) is 0.625. The minimum Gasteiger partial charge on any atom is -0.315 e. The molecule has 0 aromatic carbocycles. The van der Waals surface area contributed by atoms with Crippen LogP contribution >= 0.6 is 0 Å². The van der Waals surface area contributed by atoms with Crippen molar-refractivity contribution in [3.63, 3.8) is 0 Å². The largest absolute Gasteiger partial charge is 0.390 e. The van der Waals surface area contributed by atoms with Crippen LogP contribution in [0.2, 0.25) is 0 Å². The van der Waals surface area contributed by atoms with Crippen LogP contribution in [-0.4, -0.2) is 31.9 Å². The van der Waals surface area contributed by atoms with Crippen molar-refractivity contribution in [1.82, 2.24) is 10.6 Å². The molecule has 0 atom stereocenters. The second-order valence-electron chi connectivity index (χ2n) is 3.34. The molecule has 5 heteroatoms. The third kappa shape index (κ3) is 6.83. The van der Waals surface area contributed by atoms with Crippen molar-refractivity contribution in [2.24, 2.45) is 0 Å². The Balaban J connectivity index is 1.78. The molecule has 0 radical (unpaired) electrons. The maximum absolute atomic E-state index is 11.6. The number of rotatable bonds is 6. The van der Waals surface area contributed by atoms with Crippen molar-refractivity contribution in [3.8, 4) is 0 Å². The van der Waals surface area contributed by atoms with E-state index < -0.39 is 12.6 Å². The summed E-state index contributed by atoms with van der Waals surface area (Å²) in [5, 5.41) is 5.95. The van der Waals surface area contributed by atoms with Crippen LogP contribution in [0, 0.1) is 0 Å². The monoisotopic (exact) mass is 196 g/mol. The van der Waals surface area contributed by atoms with E-state index in [1.807, 2.05) is 0 Å². The molecule has 0 bridgehead atoms. The van der Waals surface area contributed by atoms with E-state index in [0.717, 1.165) is 6.54 Å². The third-order valence-corrected chi connectivity index (χ3v) is 1.90. The topological polar surface area (TPSA) is 24.1 Å². The Bertz CT molecular complexity index is 143. The van der Waals surface area contributed by atoms with E-state index in [2.05, 4.69) is 10.6 Å². The molecular weight excluding hydrogens is 181 g/mol. The SMILES string of the molecule is FC(F)(F)CCNCCNC1CC1. The van der Waals surface area contributed by atoms with Gasteiger partial charge in [0.05, 0.1) is 6.42 Å². The number of nitrogens with one attached hydrogen (secondary N) is 2. The first-order valence-electron chi connectivity index (χ1n) is 4.59. The molecule has 0 aliphatic heterocycles. The molecule has 2 nitrogen and oxygen atoms in total. The fourth-order valence-corrected chi connectivity index (χ4v) is 1.01. The summed E-state index contributed by atoms with van der Waals surface area (Å²) in [6.45, 7) is 1.41. The van der Waals surface area contributed by atoms with E-state index in [0.29, 0.717) is 12.6 Å². The Morgan fingerprint density at radius 3 is 2.31 bits per heavy atom. The molecule has 0 amide bonds. The zero-order chi connectivity index (χ0) is 9.73. The van der Waals surface area contributed by atoms with Crippen LogP contribution in [0.3, 0.4) is 0 Å². The van der Waals surface area contributed by atoms with E-state index in [1.54, 1.807) is 0 Å². The molecule has 0 aromatic rings. The number of hydrogen-bond donors (Lipinski definition) is 2. The maximum atomic E-state index is 11.6. The number of alkyl halides is 3. The van der Waals surface area contributed by atoms with E-state index in [9.17, 15) is 13.2 Å². The lowest BCUT2D eigenvalue weighted by molar-refractivity contribution is -0.133. The predicted molar refractivity (Wildman–Crippen MR) is 44.6 cm³/mol. The summed E-state index contributed by atoms with van der Waals surface area (Å²) in [5.74, 6) is 0. The summed E-state index contributed by atoms with van der Waals surface area (Å²) in [5.41, 5.74) is 0. The molecule has 1 fully saturated rings. The van der Waals surface area contributed by atoms with Gasteiger partial charge in [0.1, 0.15) is 0 Å². The van der Waals surface area contributed by atoms with Crippen molar-refractivity contribution >= 4 is 0 Å². The molecule has 78 valence electrons. The summed E-state index contributed by atoms with van der Waals surface area (Å²) in [4.78, 5) is 0. The standard InChI is InChI=1S/C8H15F3N2/c9-8(10,11)3-4-12-5-6-13-7-1-2-7/h7,12-13H,1-6H2. The van der Waals surface area contributed by atoms with Gasteiger partial charge in [-0.1, -0.05) is 0 Å². The van der Waals surface area contributed by atoms with Crippen LogP contribution in [0.5, 0.6) is 0 Å². The van der Waals surface area contributed by atoms with Crippen LogP contribution in [0.25, 0.3) is 0 Å². The molecular formula is C8H15F3N2. The Morgan fingerprint density at radius 1 is 1.08 bits per heavy atom. The molecule has 0 unspecified atom stereocenters. The van der Waals surface area contributed by atoms with Gasteiger partial charge in [0.25, 0.3) is 0 Å². The summed E-state index contributed by atoms with van der Waals surface area (Å²) in [6, 6.07) is 0.629. The second kappa shape index (κ2) is 4.81. The van der Waals surface area contributed by atoms with Crippen molar-refractivity contribution in [3.05, 3.63) is 0 Å². The lowest BCUT2D eigenvalue weighted by Gasteiger charge is -2.07. The van der Waals surface area contributed by atoms with Crippen molar-refractivity contribution in [1.29, 1.82) is 0 Å². The van der Waals surface area contributed by atoms with Gasteiger partial charge in [-0.25, -0.2) is 0 Å². The molecule has 0 saturated heterocycles. The molecule has 0 spiro atoms. The van der Waals surface area contributed by atoms with E-state index in [4.69, 9.17) is 0 Å². The van der Waals surface area contributed by atoms with E-state index >= 15 is 0 Å². The summed E-state index contributed by atoms with van der Waals surface area (Å²) < 4.78 is 34.9. The third-order valence-electron chi connectivity index (χ3n) is 1.90. The van der Waals surface area contributed by atoms with Crippen LogP contribution < -0.4 is 10.6 Å². The van der Waals surface area contributed by atoms with Gasteiger partial charge in [0, 0.05) is 25.7 Å². The van der Waals surface area contributed by atoms with Gasteiger partial charge in [0.15, 0.2) is 0 Å². The molecule has 0 heterocycles. The highest BCUT2D eigenvalue weighted by molar-refractivity contribution is 4.80. The predicted octanol–water partition coefficient (Wildman–Crippen LogP) is 1.28. The van der Waals surface area contributed by atoms with Crippen LogP contribution in [0.15, 0.2) is 0 Å². The highest BCUT2D eigenvalue weighted by Gasteiger charge is 2.25. The zero-order valence-corrected chi connectivity index (χ0v) is 7.45. The lowest BCUT2D eigenvalue weighted by atomic mass is 10.4. The van der Waals surface area contributed by atoms with Gasteiger partial charge in [-0.05, 0) is 12.8 Å². The van der Waals surface area contributed by atoms with Gasteiger partial charge < -0.3 is 10.6 Å². The van der Waals surface area contributed by atoms with Gasteiger partial charge in [0.2, 0.25) is 0 Å². The number of hydrogen-bond acceptors (Lipinski definition) is 2. The first-order valence-corrected chi connectivity index (χ1v) is 4.59. The van der Waals surface area contributed by atoms with Gasteiger partial charge in [-0.15, -0.1) is 0 Å². The van der Waals surface area contributed by atoms with Gasteiger partial charge >= 0.3 is 6.18 Å². The van der Waals surface area contributed by atoms with Crippen LogP contribution in [0.1, 0.15) is 19.3 Å². The fraction of sp³-hybridized carbons (Fsp3) is 1.00. The van der Waals surface area contributed by atoms with Crippen LogP contribution in [0.4, 0.5) is 13.2 Å². The highest BCUT2D eigenvalue weighted by atomic mass is 19.4. The summed E-state index contributed by atoms with van der Waals surface area (Å²) >= 11 is 0. The Labute approximate surface area is 75.9 Å². The zero-order valence-electron chi connectivity index (χ0n) is 7.45. The maximum Gasteiger partial charge on any atom is 0.390 e. The van der Waals surface area contributed by atoms with Crippen molar-refractivity contribution in [2.75, 3.05) is 19.6 Å². The summed E-state index contributed by atoms with van der Waals surface area (Å²) in [7, 11) is 0. The van der Waals surface area contributed by atoms with Gasteiger partial charge in [-0.2, -0.15) is 13.2 Å². The average molecular weight is 196 g/mol. The van der Waals surface area contributed by atoms with Gasteiger partial charge in [-0.3, -0.25) is 0 Å². The smallest absolute Gasteiger partial charge is 0.315 e. The van der Waals surface area contributed by atoms with Crippen molar-refractivity contribution < 1.29 is 13.2 Å². The minimum atomic E-state index is -4.03.